The molecule has 196 valence electrons. The van der Waals surface area contributed by atoms with E-state index in [1.807, 2.05) is 29.7 Å². The Morgan fingerprint density at radius 3 is 2.73 bits per heavy atom. The number of nitrogens with one attached hydrogen (secondary N) is 1. The van der Waals surface area contributed by atoms with Gasteiger partial charge in [-0.2, -0.15) is 0 Å². The summed E-state index contributed by atoms with van der Waals surface area (Å²) >= 11 is 0. The molecule has 2 aromatic heterocycles. The molecule has 0 aliphatic carbocycles. The molecule has 2 aliphatic heterocycles. The van der Waals surface area contributed by atoms with Gasteiger partial charge in [-0.1, -0.05) is 6.07 Å². The Morgan fingerprint density at radius 2 is 1.97 bits per heavy atom. The number of carbonyl (C=O) groups is 2. The number of nitrogens with zero attached hydrogens (tertiary/aromatic N) is 4. The van der Waals surface area contributed by atoms with E-state index in [-0.39, 0.29) is 30.1 Å². The first-order chi connectivity index (χ1) is 18.0. The number of aromatic nitrogens is 3. The minimum Gasteiger partial charge on any atom is -0.452 e. The van der Waals surface area contributed by atoms with Gasteiger partial charge in [0, 0.05) is 56.1 Å². The van der Waals surface area contributed by atoms with Crippen molar-refractivity contribution < 1.29 is 19.1 Å². The van der Waals surface area contributed by atoms with Crippen molar-refractivity contribution in [1.29, 1.82) is 0 Å². The summed E-state index contributed by atoms with van der Waals surface area (Å²) in [4.78, 5) is 44.6. The van der Waals surface area contributed by atoms with Crippen LogP contribution in [0, 0.1) is 0 Å². The molecule has 4 heterocycles. The van der Waals surface area contributed by atoms with Crippen molar-refractivity contribution in [2.45, 2.75) is 64.2 Å². The Labute approximate surface area is 215 Å². The number of benzene rings is 1. The number of imidazole rings is 1. The number of anilines is 1. The van der Waals surface area contributed by atoms with Crippen LogP contribution >= 0.6 is 0 Å². The molecule has 1 N–H and O–H groups in total. The van der Waals surface area contributed by atoms with Crippen LogP contribution < -0.4 is 15.8 Å². The van der Waals surface area contributed by atoms with Crippen LogP contribution in [0.3, 0.4) is 0 Å². The fourth-order valence-electron chi connectivity index (χ4n) is 5.34. The maximum Gasteiger partial charge on any atom is 0.414 e. The second kappa shape index (κ2) is 10.8. The number of rotatable bonds is 6. The molecule has 0 bridgehead atoms. The first-order valence-corrected chi connectivity index (χ1v) is 12.9. The molecular formula is C27H33N5O5. The van der Waals surface area contributed by atoms with Crippen LogP contribution in [0.1, 0.15) is 37.6 Å². The van der Waals surface area contributed by atoms with E-state index in [1.165, 1.54) is 13.2 Å². The van der Waals surface area contributed by atoms with Crippen molar-refractivity contribution in [1.82, 2.24) is 19.4 Å². The Bertz CT molecular complexity index is 1360. The zero-order valence-electron chi connectivity index (χ0n) is 21.3. The maximum atomic E-state index is 13.1. The van der Waals surface area contributed by atoms with E-state index >= 15 is 0 Å². The molecule has 5 rings (SSSR count). The summed E-state index contributed by atoms with van der Waals surface area (Å²) in [5.74, 6) is 0.649. The molecule has 0 saturated carbocycles. The highest BCUT2D eigenvalue weighted by atomic mass is 16.5. The van der Waals surface area contributed by atoms with Gasteiger partial charge in [-0.15, -0.1) is 0 Å². The number of aryl methyl sites for hydroxylation is 3. The number of ether oxygens (including phenoxy) is 2. The summed E-state index contributed by atoms with van der Waals surface area (Å²) in [6.45, 7) is 3.88. The van der Waals surface area contributed by atoms with Gasteiger partial charge in [0.15, 0.2) is 0 Å². The lowest BCUT2D eigenvalue weighted by Crippen LogP contribution is -2.42. The fourth-order valence-corrected chi connectivity index (χ4v) is 5.34. The molecule has 2 aliphatic rings. The van der Waals surface area contributed by atoms with Crippen LogP contribution in [0.2, 0.25) is 0 Å². The highest BCUT2D eigenvalue weighted by Gasteiger charge is 2.31. The predicted octanol–water partition coefficient (Wildman–Crippen LogP) is 2.64. The number of amides is 2. The zero-order chi connectivity index (χ0) is 25.9. The van der Waals surface area contributed by atoms with E-state index < -0.39 is 6.09 Å². The van der Waals surface area contributed by atoms with Crippen molar-refractivity contribution in [3.05, 3.63) is 58.3 Å². The third kappa shape index (κ3) is 5.11. The first kappa shape index (κ1) is 25.0. The van der Waals surface area contributed by atoms with E-state index in [1.54, 1.807) is 21.7 Å². The van der Waals surface area contributed by atoms with Crippen LogP contribution in [-0.2, 0) is 40.2 Å². The van der Waals surface area contributed by atoms with E-state index in [0.717, 1.165) is 53.8 Å². The average molecular weight is 508 g/mol. The summed E-state index contributed by atoms with van der Waals surface area (Å²) in [5, 5.41) is 3.14. The smallest absolute Gasteiger partial charge is 0.414 e. The van der Waals surface area contributed by atoms with Crippen molar-refractivity contribution in [3.63, 3.8) is 0 Å². The van der Waals surface area contributed by atoms with Crippen LogP contribution in [0.25, 0.3) is 11.0 Å². The van der Waals surface area contributed by atoms with E-state index in [9.17, 15) is 14.4 Å². The Balaban J connectivity index is 1.51. The van der Waals surface area contributed by atoms with Crippen LogP contribution in [-0.4, -0.2) is 58.5 Å². The molecule has 3 aromatic rings. The molecule has 37 heavy (non-hydrogen) atoms. The standard InChI is InChI=1S/C27H33N5O5/c1-18-6-7-20-21(32(18)27(35)36-2)8-9-22-26(20)29-23(10-14-30-13-4-3-5-25(30)34)31(22)17-24(33)28-19-11-15-37-16-12-19/h3-5,8-9,13,18-19H,6-7,10-12,14-17H2,1-2H3,(H,28,33)/t18-/m0/s1. The lowest BCUT2D eigenvalue weighted by atomic mass is 9.96. The van der Waals surface area contributed by atoms with Crippen molar-refractivity contribution in [2.24, 2.45) is 0 Å². The SMILES string of the molecule is COC(=O)N1c2ccc3c(nc(CCn4ccccc4=O)n3CC(=O)NC3CCOCC3)c2CC[C@@H]1C. The number of carbonyl (C=O) groups excluding carboxylic acids is 2. The predicted molar refractivity (Wildman–Crippen MR) is 139 cm³/mol. The van der Waals surface area contributed by atoms with Gasteiger partial charge in [-0.3, -0.25) is 14.5 Å². The minimum atomic E-state index is -0.397. The van der Waals surface area contributed by atoms with Gasteiger partial charge in [-0.05, 0) is 50.8 Å². The number of methoxy groups -OCH3 is 1. The topological polar surface area (TPSA) is 108 Å². The normalized spacial score (nSPS) is 18.0. The summed E-state index contributed by atoms with van der Waals surface area (Å²) in [7, 11) is 1.39. The molecule has 2 amide bonds. The molecule has 10 heteroatoms. The molecule has 1 saturated heterocycles. The summed E-state index contributed by atoms with van der Waals surface area (Å²) in [6.07, 6.45) is 4.99. The molecule has 0 spiro atoms. The quantitative estimate of drug-likeness (QED) is 0.550. The lowest BCUT2D eigenvalue weighted by Gasteiger charge is -2.34. The highest BCUT2D eigenvalue weighted by molar-refractivity contribution is 5.95. The van der Waals surface area contributed by atoms with Gasteiger partial charge in [0.05, 0.1) is 23.8 Å². The second-order valence-corrected chi connectivity index (χ2v) is 9.71. The lowest BCUT2D eigenvalue weighted by molar-refractivity contribution is -0.122. The Kier molecular flexibility index (Phi) is 7.27. The van der Waals surface area contributed by atoms with Crippen molar-refractivity contribution >= 4 is 28.7 Å². The van der Waals surface area contributed by atoms with Crippen molar-refractivity contribution in [2.75, 3.05) is 25.2 Å². The van der Waals surface area contributed by atoms with Gasteiger partial charge in [0.1, 0.15) is 12.4 Å². The first-order valence-electron chi connectivity index (χ1n) is 12.9. The average Bonchev–Trinajstić information content (AvgIpc) is 3.25. The summed E-state index contributed by atoms with van der Waals surface area (Å²) in [6, 6.07) is 9.03. The molecular weight excluding hydrogens is 474 g/mol. The van der Waals surface area contributed by atoms with Gasteiger partial charge < -0.3 is 23.9 Å². The largest absolute Gasteiger partial charge is 0.452 e. The molecule has 1 fully saturated rings. The molecule has 10 nitrogen and oxygen atoms in total. The van der Waals surface area contributed by atoms with E-state index in [4.69, 9.17) is 14.5 Å². The van der Waals surface area contributed by atoms with E-state index in [2.05, 4.69) is 5.32 Å². The summed E-state index contributed by atoms with van der Waals surface area (Å²) < 4.78 is 14.0. The van der Waals surface area contributed by atoms with Crippen LogP contribution in [0.4, 0.5) is 10.5 Å². The third-order valence-electron chi connectivity index (χ3n) is 7.33. The van der Waals surface area contributed by atoms with Crippen LogP contribution in [0.15, 0.2) is 41.3 Å². The maximum absolute atomic E-state index is 13.1. The van der Waals surface area contributed by atoms with Crippen molar-refractivity contribution in [3.8, 4) is 0 Å². The molecule has 1 aromatic carbocycles. The molecule has 0 unspecified atom stereocenters. The molecule has 0 radical (unpaired) electrons. The van der Waals surface area contributed by atoms with Gasteiger partial charge in [0.2, 0.25) is 5.91 Å². The van der Waals surface area contributed by atoms with Gasteiger partial charge in [0.25, 0.3) is 5.56 Å². The monoisotopic (exact) mass is 507 g/mol. The fraction of sp³-hybridized carbons (Fsp3) is 0.481. The van der Waals surface area contributed by atoms with Gasteiger partial charge >= 0.3 is 6.09 Å². The highest BCUT2D eigenvalue weighted by Crippen LogP contribution is 2.36. The number of hydrogen-bond donors (Lipinski definition) is 1. The summed E-state index contributed by atoms with van der Waals surface area (Å²) in [5.41, 5.74) is 3.31. The number of hydrogen-bond acceptors (Lipinski definition) is 6. The third-order valence-corrected chi connectivity index (χ3v) is 7.33. The zero-order valence-corrected chi connectivity index (χ0v) is 21.3. The second-order valence-electron chi connectivity index (χ2n) is 9.71. The minimum absolute atomic E-state index is 0.00848. The Hall–Kier alpha value is -3.66. The van der Waals surface area contributed by atoms with E-state index in [0.29, 0.717) is 26.2 Å². The Morgan fingerprint density at radius 1 is 1.16 bits per heavy atom. The molecule has 1 atom stereocenters. The van der Waals surface area contributed by atoms with Gasteiger partial charge in [-0.25, -0.2) is 9.78 Å². The van der Waals surface area contributed by atoms with Crippen LogP contribution in [0.5, 0.6) is 0 Å². The number of fused-ring (bicyclic) bond motifs is 3. The number of pyridine rings is 1.